The quantitative estimate of drug-likeness (QED) is 0.234. The number of hydrogen-bond donors (Lipinski definition) is 0. The van der Waals surface area contributed by atoms with Gasteiger partial charge in [-0.1, -0.05) is 102 Å². The van der Waals surface area contributed by atoms with E-state index in [2.05, 4.69) is 51.9 Å². The van der Waals surface area contributed by atoms with Crippen LogP contribution in [0.25, 0.3) is 0 Å². The summed E-state index contributed by atoms with van der Waals surface area (Å²) in [6, 6.07) is 4.17. The molecule has 0 aliphatic carbocycles. The molecule has 0 aliphatic heterocycles. The van der Waals surface area contributed by atoms with Crippen molar-refractivity contribution in [1.82, 2.24) is 0 Å². The lowest BCUT2D eigenvalue weighted by Gasteiger charge is -2.03. The molecule has 26 heavy (non-hydrogen) atoms. The van der Waals surface area contributed by atoms with E-state index in [4.69, 9.17) is 0 Å². The van der Waals surface area contributed by atoms with E-state index >= 15 is 0 Å². The van der Waals surface area contributed by atoms with Crippen LogP contribution in [0, 0.1) is 0 Å². The van der Waals surface area contributed by atoms with Crippen molar-refractivity contribution in [3.63, 3.8) is 0 Å². The van der Waals surface area contributed by atoms with Crippen LogP contribution in [0.1, 0.15) is 96.8 Å². The van der Waals surface area contributed by atoms with Gasteiger partial charge in [-0.3, -0.25) is 0 Å². The lowest BCUT2D eigenvalue weighted by molar-refractivity contribution is -0.676. The predicted molar refractivity (Wildman–Crippen MR) is 117 cm³/mol. The summed E-state index contributed by atoms with van der Waals surface area (Å²) in [4.78, 5) is 0. The molecule has 0 bridgehead atoms. The Hall–Kier alpha value is 0.270. The van der Waals surface area contributed by atoms with Crippen molar-refractivity contribution in [3.8, 4) is 0 Å². The number of pyridine rings is 1. The third-order valence-electron chi connectivity index (χ3n) is 4.70. The molecule has 152 valence electrons. The number of unbranched alkanes of at least 4 members (excludes halogenated alkanes) is 13. The Morgan fingerprint density at radius 2 is 1.31 bits per heavy atom. The first-order valence-corrected chi connectivity index (χ1v) is 12.5. The summed E-state index contributed by atoms with van der Waals surface area (Å²) in [6.45, 7) is 2.29. The third kappa shape index (κ3) is 16.4. The molecule has 0 unspecified atom stereocenters. The average Bonchev–Trinajstić information content (AvgIpc) is 2.61. The minimum Gasteiger partial charge on any atom is -1.00 e. The number of rotatable bonds is 17. The molecule has 1 rings (SSSR count). The lowest BCUT2D eigenvalue weighted by atomic mass is 10.0. The zero-order valence-electron chi connectivity index (χ0n) is 16.7. The second-order valence-corrected chi connectivity index (χ2v) is 9.16. The molecular formula is C22H39BrClNS. The average molecular weight is 465 g/mol. The monoisotopic (exact) mass is 463 g/mol. The van der Waals surface area contributed by atoms with Gasteiger partial charge in [-0.15, -0.1) is 0 Å². The molecule has 0 amide bonds. The Kier molecular flexibility index (Phi) is 20.2. The van der Waals surface area contributed by atoms with Gasteiger partial charge in [0.2, 0.25) is 0 Å². The first-order valence-electron chi connectivity index (χ1n) is 10.6. The van der Waals surface area contributed by atoms with Crippen molar-refractivity contribution in [3.05, 3.63) is 29.0 Å². The number of thioether (sulfide) groups is 1. The Bertz CT molecular complexity index is 417. The largest absolute Gasteiger partial charge is 1.00 e. The van der Waals surface area contributed by atoms with Gasteiger partial charge in [0.15, 0.2) is 18.3 Å². The van der Waals surface area contributed by atoms with Crippen molar-refractivity contribution in [2.45, 2.75) is 103 Å². The molecular weight excluding hydrogens is 426 g/mol. The highest BCUT2D eigenvalue weighted by Crippen LogP contribution is 2.14. The standard InChI is InChI=1S/C22H39BrNS.ClH/c1-2-3-4-5-6-7-8-9-10-11-12-13-14-15-19-25-21-24-18-16-17-22(23)20-24;/h16-18,20H,2-15,19,21H2,1H3;1H/q+1;/p-1. The van der Waals surface area contributed by atoms with Crippen molar-refractivity contribution in [1.29, 1.82) is 0 Å². The molecule has 1 nitrogen and oxygen atoms in total. The van der Waals surface area contributed by atoms with E-state index in [1.165, 1.54) is 95.6 Å². The third-order valence-corrected chi connectivity index (χ3v) is 6.23. The fourth-order valence-electron chi connectivity index (χ4n) is 3.14. The van der Waals surface area contributed by atoms with E-state index in [1.807, 2.05) is 11.8 Å². The second-order valence-electron chi connectivity index (χ2n) is 7.17. The van der Waals surface area contributed by atoms with E-state index < -0.39 is 0 Å². The smallest absolute Gasteiger partial charge is 0.194 e. The fraction of sp³-hybridized carbons (Fsp3) is 0.773. The number of halogens is 2. The highest BCUT2D eigenvalue weighted by atomic mass is 79.9. The topological polar surface area (TPSA) is 3.88 Å². The van der Waals surface area contributed by atoms with E-state index in [9.17, 15) is 0 Å². The van der Waals surface area contributed by atoms with Crippen molar-refractivity contribution in [2.75, 3.05) is 5.75 Å². The SMILES string of the molecule is CCCCCCCCCCCCCCCCSC[n+]1cccc(Br)c1.[Cl-]. The molecule has 1 aromatic rings. The summed E-state index contributed by atoms with van der Waals surface area (Å²) in [5.41, 5.74) is 0. The zero-order chi connectivity index (χ0) is 18.0. The van der Waals surface area contributed by atoms with Crippen LogP contribution < -0.4 is 17.0 Å². The first-order chi connectivity index (χ1) is 12.3. The summed E-state index contributed by atoms with van der Waals surface area (Å²) in [5, 5.41) is 0. The highest BCUT2D eigenvalue weighted by molar-refractivity contribution is 9.10. The zero-order valence-corrected chi connectivity index (χ0v) is 19.9. The van der Waals surface area contributed by atoms with Gasteiger partial charge < -0.3 is 12.4 Å². The molecule has 0 saturated heterocycles. The molecule has 4 heteroatoms. The maximum Gasteiger partial charge on any atom is 0.194 e. The van der Waals surface area contributed by atoms with Gasteiger partial charge in [0.25, 0.3) is 0 Å². The molecule has 0 N–H and O–H groups in total. The Morgan fingerprint density at radius 3 is 1.81 bits per heavy atom. The summed E-state index contributed by atoms with van der Waals surface area (Å²) >= 11 is 5.56. The second kappa shape index (κ2) is 20.0. The Morgan fingerprint density at radius 1 is 0.808 bits per heavy atom. The van der Waals surface area contributed by atoms with Crippen LogP contribution >= 0.6 is 27.7 Å². The number of nitrogens with zero attached hydrogens (tertiary/aromatic N) is 1. The molecule has 0 spiro atoms. The van der Waals surface area contributed by atoms with Crippen LogP contribution in [0.15, 0.2) is 29.0 Å². The Labute approximate surface area is 181 Å². The van der Waals surface area contributed by atoms with Crippen molar-refractivity contribution in [2.24, 2.45) is 0 Å². The normalized spacial score (nSPS) is 10.7. The molecule has 0 saturated carbocycles. The molecule has 1 aromatic heterocycles. The minimum absolute atomic E-state index is 0. The maximum atomic E-state index is 3.52. The van der Waals surface area contributed by atoms with Gasteiger partial charge in [-0.2, -0.15) is 4.57 Å². The number of aromatic nitrogens is 1. The van der Waals surface area contributed by atoms with Crippen LogP contribution in [-0.2, 0) is 5.88 Å². The molecule has 0 aromatic carbocycles. The number of hydrogen-bond acceptors (Lipinski definition) is 1. The molecule has 0 fully saturated rings. The van der Waals surface area contributed by atoms with Gasteiger partial charge in [-0.25, -0.2) is 0 Å². The molecule has 1 heterocycles. The van der Waals surface area contributed by atoms with Crippen molar-refractivity contribution < 1.29 is 17.0 Å². The van der Waals surface area contributed by atoms with Gasteiger partial charge in [-0.05, 0) is 34.2 Å². The lowest BCUT2D eigenvalue weighted by Crippen LogP contribution is -3.00. The van der Waals surface area contributed by atoms with Crippen LogP contribution in [0.4, 0.5) is 0 Å². The summed E-state index contributed by atoms with van der Waals surface area (Å²) in [5.74, 6) is 2.36. The predicted octanol–water partition coefficient (Wildman–Crippen LogP) is 4.91. The van der Waals surface area contributed by atoms with Crippen LogP contribution in [0.3, 0.4) is 0 Å². The van der Waals surface area contributed by atoms with E-state index in [0.717, 1.165) is 10.3 Å². The Balaban J connectivity index is 0.00000625. The van der Waals surface area contributed by atoms with Gasteiger partial charge in [0.05, 0.1) is 4.47 Å². The first kappa shape index (κ1) is 26.3. The molecule has 0 radical (unpaired) electrons. The van der Waals surface area contributed by atoms with Crippen LogP contribution in [0.2, 0.25) is 0 Å². The summed E-state index contributed by atoms with van der Waals surface area (Å²) in [6.07, 6.45) is 24.5. The molecule has 0 atom stereocenters. The van der Waals surface area contributed by atoms with Crippen LogP contribution in [0.5, 0.6) is 0 Å². The minimum atomic E-state index is 0. The van der Waals surface area contributed by atoms with Gasteiger partial charge >= 0.3 is 0 Å². The fourth-order valence-corrected chi connectivity index (χ4v) is 4.46. The van der Waals surface area contributed by atoms with E-state index in [-0.39, 0.29) is 12.4 Å². The van der Waals surface area contributed by atoms with Gasteiger partial charge in [0, 0.05) is 6.07 Å². The maximum absolute atomic E-state index is 3.52. The van der Waals surface area contributed by atoms with Crippen LogP contribution in [-0.4, -0.2) is 5.75 Å². The van der Waals surface area contributed by atoms with Crippen molar-refractivity contribution >= 4 is 27.7 Å². The summed E-state index contributed by atoms with van der Waals surface area (Å²) < 4.78 is 3.41. The van der Waals surface area contributed by atoms with E-state index in [0.29, 0.717) is 0 Å². The highest BCUT2D eigenvalue weighted by Gasteiger charge is 2.00. The molecule has 0 aliphatic rings. The summed E-state index contributed by atoms with van der Waals surface area (Å²) in [7, 11) is 0. The van der Waals surface area contributed by atoms with Gasteiger partial charge in [0.1, 0.15) is 0 Å². The van der Waals surface area contributed by atoms with E-state index in [1.54, 1.807) is 0 Å².